The Morgan fingerprint density at radius 1 is 1.14 bits per heavy atom. The number of hydrogen-bond acceptors (Lipinski definition) is 3. The summed E-state index contributed by atoms with van der Waals surface area (Å²) in [5, 5.41) is 10.7. The number of carbonyl (C=O) groups is 1. The number of carbonyl (C=O) groups excluding carboxylic acids is 1. The normalized spacial score (nSPS) is 40.7. The minimum atomic E-state index is -0.491. The van der Waals surface area contributed by atoms with Crippen LogP contribution in [0.2, 0.25) is 0 Å². The average molecular weight is 294 g/mol. The van der Waals surface area contributed by atoms with Gasteiger partial charge in [-0.15, -0.1) is 0 Å². The van der Waals surface area contributed by atoms with Crippen LogP contribution in [-0.2, 0) is 4.79 Å². The molecule has 3 aliphatic rings. The van der Waals surface area contributed by atoms with E-state index in [0.29, 0.717) is 24.3 Å². The molecule has 4 nitrogen and oxygen atoms in total. The van der Waals surface area contributed by atoms with Crippen LogP contribution in [0.15, 0.2) is 0 Å². The molecule has 2 saturated carbocycles. The van der Waals surface area contributed by atoms with Crippen LogP contribution in [0.25, 0.3) is 0 Å². The third kappa shape index (κ3) is 2.98. The summed E-state index contributed by atoms with van der Waals surface area (Å²) < 4.78 is 0. The summed E-state index contributed by atoms with van der Waals surface area (Å²) in [6.07, 6.45) is 9.59. The minimum Gasteiger partial charge on any atom is -0.389 e. The molecule has 1 amide bonds. The zero-order chi connectivity index (χ0) is 14.9. The van der Waals surface area contributed by atoms with Crippen LogP contribution in [-0.4, -0.2) is 41.1 Å². The van der Waals surface area contributed by atoms with Gasteiger partial charge < -0.3 is 15.7 Å². The van der Waals surface area contributed by atoms with Gasteiger partial charge in [-0.1, -0.05) is 25.7 Å². The van der Waals surface area contributed by atoms with Gasteiger partial charge in [0.05, 0.1) is 5.60 Å². The number of nitrogens with zero attached hydrogens (tertiary/aromatic N) is 1. The van der Waals surface area contributed by atoms with Gasteiger partial charge in [-0.25, -0.2) is 0 Å². The van der Waals surface area contributed by atoms with Gasteiger partial charge in [0.25, 0.3) is 0 Å². The molecule has 2 aliphatic carbocycles. The molecule has 0 radical (unpaired) electrons. The van der Waals surface area contributed by atoms with Crippen molar-refractivity contribution >= 4 is 5.91 Å². The Labute approximate surface area is 128 Å². The topological polar surface area (TPSA) is 66.6 Å². The number of nitrogens with two attached hydrogens (primary N) is 1. The first-order valence-electron chi connectivity index (χ1n) is 8.85. The van der Waals surface area contributed by atoms with Crippen LogP contribution in [0, 0.1) is 17.8 Å². The monoisotopic (exact) mass is 294 g/mol. The smallest absolute Gasteiger partial charge is 0.226 e. The molecule has 4 atom stereocenters. The van der Waals surface area contributed by atoms with Crippen molar-refractivity contribution in [3.8, 4) is 0 Å². The van der Waals surface area contributed by atoms with E-state index in [1.165, 1.54) is 12.8 Å². The standard InChI is InChI=1S/C17H30N2O2/c18-11-13-5-1-2-7-15(13)16(20)19-10-9-17(21)8-4-3-6-14(17)12-19/h13-15,21H,1-12,18H2. The minimum absolute atomic E-state index is 0.138. The fourth-order valence-corrected chi connectivity index (χ4v) is 4.82. The van der Waals surface area contributed by atoms with E-state index < -0.39 is 5.60 Å². The Morgan fingerprint density at radius 3 is 2.71 bits per heavy atom. The highest BCUT2D eigenvalue weighted by Crippen LogP contribution is 2.41. The SMILES string of the molecule is NCC1CCCCC1C(=O)N1CCC2(O)CCCCC2C1. The molecule has 4 heteroatoms. The van der Waals surface area contributed by atoms with E-state index in [9.17, 15) is 9.90 Å². The molecule has 1 heterocycles. The lowest BCUT2D eigenvalue weighted by Gasteiger charge is -2.48. The predicted octanol–water partition coefficient (Wildman–Crippen LogP) is 1.91. The molecule has 1 aliphatic heterocycles. The fraction of sp³-hybridized carbons (Fsp3) is 0.941. The molecule has 21 heavy (non-hydrogen) atoms. The van der Waals surface area contributed by atoms with Crippen LogP contribution in [0.4, 0.5) is 0 Å². The second-order valence-corrected chi connectivity index (χ2v) is 7.47. The molecule has 0 aromatic carbocycles. The van der Waals surface area contributed by atoms with Gasteiger partial charge in [-0.05, 0) is 44.6 Å². The molecule has 3 fully saturated rings. The van der Waals surface area contributed by atoms with Crippen molar-refractivity contribution in [1.29, 1.82) is 0 Å². The number of fused-ring (bicyclic) bond motifs is 1. The van der Waals surface area contributed by atoms with E-state index in [1.807, 2.05) is 4.90 Å². The number of rotatable bonds is 2. The second kappa shape index (κ2) is 6.25. The number of piperidine rings is 1. The molecular formula is C17H30N2O2. The summed E-state index contributed by atoms with van der Waals surface area (Å²) in [6, 6.07) is 0. The van der Waals surface area contributed by atoms with E-state index in [-0.39, 0.29) is 5.92 Å². The Morgan fingerprint density at radius 2 is 1.90 bits per heavy atom. The summed E-state index contributed by atoms with van der Waals surface area (Å²) in [5.74, 6) is 1.12. The van der Waals surface area contributed by atoms with Crippen molar-refractivity contribution in [2.75, 3.05) is 19.6 Å². The van der Waals surface area contributed by atoms with Gasteiger partial charge in [0.1, 0.15) is 0 Å². The van der Waals surface area contributed by atoms with Crippen LogP contribution < -0.4 is 5.73 Å². The summed E-state index contributed by atoms with van der Waals surface area (Å²) in [4.78, 5) is 14.9. The van der Waals surface area contributed by atoms with Crippen LogP contribution >= 0.6 is 0 Å². The highest BCUT2D eigenvalue weighted by Gasteiger charge is 2.45. The summed E-state index contributed by atoms with van der Waals surface area (Å²) in [7, 11) is 0. The van der Waals surface area contributed by atoms with Gasteiger partial charge in [-0.2, -0.15) is 0 Å². The van der Waals surface area contributed by atoms with Gasteiger partial charge in [-0.3, -0.25) is 4.79 Å². The second-order valence-electron chi connectivity index (χ2n) is 7.47. The van der Waals surface area contributed by atoms with Gasteiger partial charge in [0, 0.05) is 24.9 Å². The third-order valence-corrected chi connectivity index (χ3v) is 6.27. The van der Waals surface area contributed by atoms with Crippen molar-refractivity contribution in [2.45, 2.75) is 63.4 Å². The lowest BCUT2D eigenvalue weighted by Crippen LogP contribution is -2.56. The molecule has 4 unspecified atom stereocenters. The van der Waals surface area contributed by atoms with Crippen molar-refractivity contribution in [3.63, 3.8) is 0 Å². The molecule has 0 aromatic heterocycles. The lowest BCUT2D eigenvalue weighted by atomic mass is 9.70. The Kier molecular flexibility index (Phi) is 4.55. The molecule has 3 N–H and O–H groups in total. The molecule has 3 rings (SSSR count). The lowest BCUT2D eigenvalue weighted by molar-refractivity contribution is -0.150. The highest BCUT2D eigenvalue weighted by molar-refractivity contribution is 5.79. The summed E-state index contributed by atoms with van der Waals surface area (Å²) >= 11 is 0. The van der Waals surface area contributed by atoms with Gasteiger partial charge in [0.2, 0.25) is 5.91 Å². The number of likely N-dealkylation sites (tertiary alicyclic amines) is 1. The first kappa shape index (κ1) is 15.3. The zero-order valence-corrected chi connectivity index (χ0v) is 13.1. The van der Waals surface area contributed by atoms with E-state index in [2.05, 4.69) is 0 Å². The van der Waals surface area contributed by atoms with Crippen molar-refractivity contribution < 1.29 is 9.90 Å². The van der Waals surface area contributed by atoms with Crippen molar-refractivity contribution in [3.05, 3.63) is 0 Å². The molecular weight excluding hydrogens is 264 g/mol. The predicted molar refractivity (Wildman–Crippen MR) is 82.6 cm³/mol. The maximum atomic E-state index is 12.9. The van der Waals surface area contributed by atoms with Crippen LogP contribution in [0.5, 0.6) is 0 Å². The third-order valence-electron chi connectivity index (χ3n) is 6.27. The van der Waals surface area contributed by atoms with Crippen LogP contribution in [0.1, 0.15) is 57.8 Å². The van der Waals surface area contributed by atoms with Crippen molar-refractivity contribution in [2.24, 2.45) is 23.5 Å². The number of aliphatic hydroxyl groups is 1. The van der Waals surface area contributed by atoms with E-state index in [1.54, 1.807) is 0 Å². The molecule has 0 aromatic rings. The summed E-state index contributed by atoms with van der Waals surface area (Å²) in [5.41, 5.74) is 5.39. The molecule has 1 saturated heterocycles. The van der Waals surface area contributed by atoms with Gasteiger partial charge in [0.15, 0.2) is 0 Å². The first-order chi connectivity index (χ1) is 10.1. The highest BCUT2D eigenvalue weighted by atomic mass is 16.3. The fourth-order valence-electron chi connectivity index (χ4n) is 4.82. The Hall–Kier alpha value is -0.610. The maximum Gasteiger partial charge on any atom is 0.226 e. The van der Waals surface area contributed by atoms with Gasteiger partial charge >= 0.3 is 0 Å². The quantitative estimate of drug-likeness (QED) is 0.817. The van der Waals surface area contributed by atoms with Crippen LogP contribution in [0.3, 0.4) is 0 Å². The largest absolute Gasteiger partial charge is 0.389 e. The molecule has 0 bridgehead atoms. The maximum absolute atomic E-state index is 12.9. The van der Waals surface area contributed by atoms with E-state index in [4.69, 9.17) is 5.73 Å². The molecule has 120 valence electrons. The number of amides is 1. The number of hydrogen-bond donors (Lipinski definition) is 2. The molecule has 0 spiro atoms. The average Bonchev–Trinajstić information content (AvgIpc) is 2.53. The van der Waals surface area contributed by atoms with Crippen molar-refractivity contribution in [1.82, 2.24) is 4.90 Å². The van der Waals surface area contributed by atoms with E-state index in [0.717, 1.165) is 58.0 Å². The van der Waals surface area contributed by atoms with E-state index >= 15 is 0 Å². The Balaban J connectivity index is 1.65. The Bertz CT molecular complexity index is 387. The first-order valence-corrected chi connectivity index (χ1v) is 8.85. The zero-order valence-electron chi connectivity index (χ0n) is 13.1. The summed E-state index contributed by atoms with van der Waals surface area (Å²) in [6.45, 7) is 2.14.